The molecule has 8 heteroatoms. The van der Waals surface area contributed by atoms with Crippen LogP contribution in [-0.2, 0) is 4.74 Å². The second-order valence-electron chi connectivity index (χ2n) is 6.28. The molecule has 2 N–H and O–H groups in total. The van der Waals surface area contributed by atoms with Crippen molar-refractivity contribution >= 4 is 12.0 Å². The summed E-state index contributed by atoms with van der Waals surface area (Å²) in [5, 5.41) is 2.92. The van der Waals surface area contributed by atoms with Gasteiger partial charge in [-0.05, 0) is 25.8 Å². The minimum Gasteiger partial charge on any atom is -0.450 e. The van der Waals surface area contributed by atoms with Gasteiger partial charge in [-0.1, -0.05) is 30.3 Å². The lowest BCUT2D eigenvalue weighted by atomic mass is 10.1. The summed E-state index contributed by atoms with van der Waals surface area (Å²) >= 11 is 0. The molecular formula is C19H22N4O4. The van der Waals surface area contributed by atoms with Crippen LogP contribution in [0.2, 0.25) is 0 Å². The number of hydrogen-bond donors (Lipinski definition) is 2. The van der Waals surface area contributed by atoms with Crippen molar-refractivity contribution in [1.82, 2.24) is 20.2 Å². The number of piperidine rings is 1. The monoisotopic (exact) mass is 370 g/mol. The van der Waals surface area contributed by atoms with Gasteiger partial charge in [0.15, 0.2) is 0 Å². The standard InChI is InChI=1S/C19H22N4O4/c1-2-27-19(26)23-10-8-14(9-11-23)20-17(24)16-12-15(21-18(25)22-16)13-6-4-3-5-7-13/h3-7,12,14H,2,8-11H2,1H3,(H,20,24)(H,21,22,25). The molecule has 1 saturated heterocycles. The number of aromatic amines is 1. The van der Waals surface area contributed by atoms with Crippen LogP contribution in [-0.4, -0.2) is 52.6 Å². The highest BCUT2D eigenvalue weighted by Gasteiger charge is 2.25. The molecule has 1 aliphatic rings. The van der Waals surface area contributed by atoms with Crippen LogP contribution < -0.4 is 11.0 Å². The first kappa shape index (κ1) is 18.6. The highest BCUT2D eigenvalue weighted by Crippen LogP contribution is 2.16. The van der Waals surface area contributed by atoms with E-state index in [9.17, 15) is 14.4 Å². The number of rotatable bonds is 4. The molecule has 8 nitrogen and oxygen atoms in total. The summed E-state index contributed by atoms with van der Waals surface area (Å²) in [4.78, 5) is 44.2. The van der Waals surface area contributed by atoms with Crippen LogP contribution in [0.4, 0.5) is 4.79 Å². The minimum atomic E-state index is -0.571. The Morgan fingerprint density at radius 3 is 2.63 bits per heavy atom. The zero-order chi connectivity index (χ0) is 19.2. The number of carbonyl (C=O) groups is 2. The lowest BCUT2D eigenvalue weighted by Gasteiger charge is -2.31. The Labute approximate surface area is 156 Å². The number of hydrogen-bond acceptors (Lipinski definition) is 5. The lowest BCUT2D eigenvalue weighted by Crippen LogP contribution is -2.47. The molecule has 27 heavy (non-hydrogen) atoms. The molecule has 142 valence electrons. The normalized spacial score (nSPS) is 14.6. The third-order valence-corrected chi connectivity index (χ3v) is 4.42. The second-order valence-corrected chi connectivity index (χ2v) is 6.28. The number of benzene rings is 1. The zero-order valence-electron chi connectivity index (χ0n) is 15.1. The van der Waals surface area contributed by atoms with Crippen molar-refractivity contribution < 1.29 is 14.3 Å². The third kappa shape index (κ3) is 4.72. The molecular weight excluding hydrogens is 348 g/mol. The van der Waals surface area contributed by atoms with Crippen molar-refractivity contribution in [2.24, 2.45) is 0 Å². The fourth-order valence-corrected chi connectivity index (χ4v) is 3.02. The van der Waals surface area contributed by atoms with E-state index in [2.05, 4.69) is 15.3 Å². The molecule has 2 aromatic rings. The van der Waals surface area contributed by atoms with E-state index in [1.807, 2.05) is 30.3 Å². The minimum absolute atomic E-state index is 0.0694. The molecule has 3 rings (SSSR count). The zero-order valence-corrected chi connectivity index (χ0v) is 15.1. The van der Waals surface area contributed by atoms with Gasteiger partial charge >= 0.3 is 11.8 Å². The summed E-state index contributed by atoms with van der Waals surface area (Å²) in [6.07, 6.45) is 0.935. The predicted octanol–water partition coefficient (Wildman–Crippen LogP) is 1.79. The van der Waals surface area contributed by atoms with E-state index in [-0.39, 0.29) is 23.7 Å². The Balaban J connectivity index is 1.65. The van der Waals surface area contributed by atoms with E-state index in [1.165, 1.54) is 0 Å². The molecule has 2 heterocycles. The van der Waals surface area contributed by atoms with Gasteiger partial charge in [-0.2, -0.15) is 4.98 Å². The van der Waals surface area contributed by atoms with Crippen LogP contribution in [0.5, 0.6) is 0 Å². The number of ether oxygens (including phenoxy) is 1. The molecule has 0 bridgehead atoms. The number of aromatic nitrogens is 2. The third-order valence-electron chi connectivity index (χ3n) is 4.42. The van der Waals surface area contributed by atoms with E-state index in [0.717, 1.165) is 5.56 Å². The van der Waals surface area contributed by atoms with Crippen LogP contribution in [0.1, 0.15) is 30.3 Å². The van der Waals surface area contributed by atoms with Gasteiger partial charge in [0.2, 0.25) is 0 Å². The van der Waals surface area contributed by atoms with E-state index in [0.29, 0.717) is 38.2 Å². The summed E-state index contributed by atoms with van der Waals surface area (Å²) in [7, 11) is 0. The summed E-state index contributed by atoms with van der Waals surface area (Å²) in [6.45, 7) is 3.15. The first-order chi connectivity index (χ1) is 13.1. The lowest BCUT2D eigenvalue weighted by molar-refractivity contribution is 0.0856. The van der Waals surface area contributed by atoms with Crippen LogP contribution in [0.3, 0.4) is 0 Å². The molecule has 0 saturated carbocycles. The number of H-pyrrole nitrogens is 1. The Bertz CT molecular complexity index is 858. The van der Waals surface area contributed by atoms with E-state index >= 15 is 0 Å². The highest BCUT2D eigenvalue weighted by atomic mass is 16.6. The number of nitrogens with one attached hydrogen (secondary N) is 2. The SMILES string of the molecule is CCOC(=O)N1CCC(NC(=O)c2cc(-c3ccccc3)nc(=O)[nH]2)CC1. The van der Waals surface area contributed by atoms with Crippen molar-refractivity contribution in [3.63, 3.8) is 0 Å². The summed E-state index contributed by atoms with van der Waals surface area (Å²) in [5.74, 6) is -0.360. The van der Waals surface area contributed by atoms with Gasteiger partial charge in [-0.3, -0.25) is 4.79 Å². The van der Waals surface area contributed by atoms with Gasteiger partial charge in [-0.15, -0.1) is 0 Å². The Morgan fingerprint density at radius 1 is 1.26 bits per heavy atom. The van der Waals surface area contributed by atoms with Crippen LogP contribution in [0, 0.1) is 0 Å². The first-order valence-corrected chi connectivity index (χ1v) is 8.96. The largest absolute Gasteiger partial charge is 0.450 e. The van der Waals surface area contributed by atoms with Gasteiger partial charge in [0, 0.05) is 24.7 Å². The maximum absolute atomic E-state index is 12.6. The molecule has 1 fully saturated rings. The highest BCUT2D eigenvalue weighted by molar-refractivity contribution is 5.93. The number of likely N-dealkylation sites (tertiary alicyclic amines) is 1. The molecule has 0 unspecified atom stereocenters. The summed E-state index contributed by atoms with van der Waals surface area (Å²) in [6, 6.07) is 10.7. The van der Waals surface area contributed by atoms with Crippen LogP contribution in [0.15, 0.2) is 41.2 Å². The quantitative estimate of drug-likeness (QED) is 0.854. The van der Waals surface area contributed by atoms with E-state index in [1.54, 1.807) is 17.9 Å². The van der Waals surface area contributed by atoms with Gasteiger partial charge in [-0.25, -0.2) is 9.59 Å². The van der Waals surface area contributed by atoms with E-state index in [4.69, 9.17) is 4.74 Å². The van der Waals surface area contributed by atoms with Crippen LogP contribution in [0.25, 0.3) is 11.3 Å². The van der Waals surface area contributed by atoms with Crippen molar-refractivity contribution in [1.29, 1.82) is 0 Å². The number of carbonyl (C=O) groups excluding carboxylic acids is 2. The summed E-state index contributed by atoms with van der Waals surface area (Å²) < 4.78 is 4.99. The smallest absolute Gasteiger partial charge is 0.409 e. The van der Waals surface area contributed by atoms with Gasteiger partial charge in [0.05, 0.1) is 12.3 Å². The maximum atomic E-state index is 12.6. The number of amides is 2. The van der Waals surface area contributed by atoms with Gasteiger partial charge < -0.3 is 19.9 Å². The predicted molar refractivity (Wildman–Crippen MR) is 99.4 cm³/mol. The molecule has 1 aromatic heterocycles. The molecule has 0 spiro atoms. The Morgan fingerprint density at radius 2 is 1.96 bits per heavy atom. The van der Waals surface area contributed by atoms with Gasteiger partial charge in [0.1, 0.15) is 5.69 Å². The Hall–Kier alpha value is -3.16. The van der Waals surface area contributed by atoms with E-state index < -0.39 is 5.69 Å². The summed E-state index contributed by atoms with van der Waals surface area (Å²) in [5.41, 5.74) is 0.808. The molecule has 2 amide bonds. The average molecular weight is 370 g/mol. The van der Waals surface area contributed by atoms with Crippen molar-refractivity contribution in [3.8, 4) is 11.3 Å². The molecule has 1 aliphatic heterocycles. The molecule has 0 aliphatic carbocycles. The topological polar surface area (TPSA) is 104 Å². The number of nitrogens with zero attached hydrogens (tertiary/aromatic N) is 2. The maximum Gasteiger partial charge on any atom is 0.409 e. The van der Waals surface area contributed by atoms with Crippen molar-refractivity contribution in [3.05, 3.63) is 52.6 Å². The molecule has 0 radical (unpaired) electrons. The second kappa shape index (κ2) is 8.48. The molecule has 1 aromatic carbocycles. The van der Waals surface area contributed by atoms with Gasteiger partial charge in [0.25, 0.3) is 5.91 Å². The fraction of sp³-hybridized carbons (Fsp3) is 0.368. The Kier molecular flexibility index (Phi) is 5.85. The van der Waals surface area contributed by atoms with Crippen molar-refractivity contribution in [2.45, 2.75) is 25.8 Å². The first-order valence-electron chi connectivity index (χ1n) is 8.96. The average Bonchev–Trinajstić information content (AvgIpc) is 2.69. The fourth-order valence-electron chi connectivity index (χ4n) is 3.02. The van der Waals surface area contributed by atoms with Crippen LogP contribution >= 0.6 is 0 Å². The van der Waals surface area contributed by atoms with Crippen molar-refractivity contribution in [2.75, 3.05) is 19.7 Å². The molecule has 0 atom stereocenters.